The number of amides is 1. The maximum atomic E-state index is 13.4. The number of hydrogen-bond donors (Lipinski definition) is 6. The average molecular weight is 981 g/mol. The van der Waals surface area contributed by atoms with E-state index in [1.807, 2.05) is 6.08 Å². The van der Waals surface area contributed by atoms with E-state index in [4.69, 9.17) is 14.2 Å². The van der Waals surface area contributed by atoms with Gasteiger partial charge in [-0.15, -0.1) is 0 Å². The largest absolute Gasteiger partial charge is 0.454 e. The van der Waals surface area contributed by atoms with Gasteiger partial charge in [-0.3, -0.25) is 9.59 Å². The molecule has 0 aromatic rings. The second-order valence-electron chi connectivity index (χ2n) is 20.4. The Bertz CT molecular complexity index is 1220. The zero-order chi connectivity index (χ0) is 50.4. The van der Waals surface area contributed by atoms with Crippen LogP contribution in [0.4, 0.5) is 0 Å². The van der Waals surface area contributed by atoms with Gasteiger partial charge in [0.2, 0.25) is 5.91 Å². The summed E-state index contributed by atoms with van der Waals surface area (Å²) >= 11 is 0. The molecule has 69 heavy (non-hydrogen) atoms. The summed E-state index contributed by atoms with van der Waals surface area (Å²) < 4.78 is 17.6. The van der Waals surface area contributed by atoms with Crippen LogP contribution in [0.15, 0.2) is 24.3 Å². The van der Waals surface area contributed by atoms with Crippen molar-refractivity contribution >= 4 is 11.9 Å². The third-order valence-corrected chi connectivity index (χ3v) is 13.9. The first kappa shape index (κ1) is 65.2. The van der Waals surface area contributed by atoms with E-state index in [0.29, 0.717) is 19.3 Å². The molecule has 1 heterocycles. The molecule has 1 aliphatic heterocycles. The van der Waals surface area contributed by atoms with Crippen LogP contribution in [0, 0.1) is 0 Å². The van der Waals surface area contributed by atoms with Gasteiger partial charge in [-0.25, -0.2) is 0 Å². The first-order valence-corrected chi connectivity index (χ1v) is 29.1. The lowest BCUT2D eigenvalue weighted by atomic mass is 9.99. The normalized spacial score (nSPS) is 19.9. The minimum absolute atomic E-state index is 0.122. The molecule has 1 rings (SSSR count). The van der Waals surface area contributed by atoms with E-state index in [0.717, 1.165) is 70.6 Å². The van der Waals surface area contributed by atoms with Crippen molar-refractivity contribution in [2.75, 3.05) is 13.2 Å². The highest BCUT2D eigenvalue weighted by Crippen LogP contribution is 2.26. The fourth-order valence-electron chi connectivity index (χ4n) is 9.18. The van der Waals surface area contributed by atoms with E-state index >= 15 is 0 Å². The maximum Gasteiger partial charge on any atom is 0.306 e. The number of unbranched alkanes of at least 4 members (excludes halogenated alkanes) is 33. The van der Waals surface area contributed by atoms with Crippen molar-refractivity contribution in [2.45, 2.75) is 320 Å². The molecule has 11 nitrogen and oxygen atoms in total. The molecule has 1 saturated heterocycles. The minimum Gasteiger partial charge on any atom is -0.454 e. The summed E-state index contributed by atoms with van der Waals surface area (Å²) in [5.41, 5.74) is 0. The summed E-state index contributed by atoms with van der Waals surface area (Å²) in [5.74, 6) is -1.19. The highest BCUT2D eigenvalue weighted by molar-refractivity contribution is 5.80. The Kier molecular flexibility index (Phi) is 44.5. The Labute approximate surface area is 422 Å². The second kappa shape index (κ2) is 47.2. The molecule has 6 N–H and O–H groups in total. The van der Waals surface area contributed by atoms with Crippen molar-refractivity contribution < 1.29 is 49.3 Å². The van der Waals surface area contributed by atoms with Crippen molar-refractivity contribution in [1.29, 1.82) is 0 Å². The predicted octanol–water partition coefficient (Wildman–Crippen LogP) is 12.9. The summed E-state index contributed by atoms with van der Waals surface area (Å²) in [6.07, 6.45) is 42.2. The Balaban J connectivity index is 2.71. The molecule has 0 aliphatic carbocycles. The summed E-state index contributed by atoms with van der Waals surface area (Å²) in [6, 6.07) is -1.02. The molecule has 406 valence electrons. The molecule has 11 heteroatoms. The van der Waals surface area contributed by atoms with Gasteiger partial charge >= 0.3 is 5.97 Å². The SMILES string of the molecule is CCCCCC/C=C\CCCCCCCCCC(=O)OC1C(OCC(NC(=O)C(O)CCCCCCCCCCCCCCCC)C(O)/C=C/CCCCCCCCCCC)OC(CO)C(O)C1O. The second-order valence-corrected chi connectivity index (χ2v) is 20.4. The number of allylic oxidation sites excluding steroid dienone is 3. The first-order chi connectivity index (χ1) is 33.7. The van der Waals surface area contributed by atoms with E-state index in [-0.39, 0.29) is 13.0 Å². The Morgan fingerprint density at radius 1 is 0.551 bits per heavy atom. The third-order valence-electron chi connectivity index (χ3n) is 13.9. The Morgan fingerprint density at radius 2 is 0.957 bits per heavy atom. The number of esters is 1. The van der Waals surface area contributed by atoms with E-state index in [9.17, 15) is 35.1 Å². The quantitative estimate of drug-likeness (QED) is 0.0196. The van der Waals surface area contributed by atoms with Crippen LogP contribution in [0.25, 0.3) is 0 Å². The van der Waals surface area contributed by atoms with Crippen molar-refractivity contribution in [3.63, 3.8) is 0 Å². The van der Waals surface area contributed by atoms with Crippen molar-refractivity contribution in [3.05, 3.63) is 24.3 Å². The lowest BCUT2D eigenvalue weighted by Crippen LogP contribution is -2.61. The van der Waals surface area contributed by atoms with Crippen LogP contribution < -0.4 is 5.32 Å². The summed E-state index contributed by atoms with van der Waals surface area (Å²) in [5, 5.41) is 56.8. The summed E-state index contributed by atoms with van der Waals surface area (Å²) in [7, 11) is 0. The van der Waals surface area contributed by atoms with Crippen LogP contribution in [0.1, 0.15) is 271 Å². The highest BCUT2D eigenvalue weighted by atomic mass is 16.7. The molecule has 0 aromatic carbocycles. The number of aliphatic hydroxyl groups excluding tert-OH is 5. The summed E-state index contributed by atoms with van der Waals surface area (Å²) in [6.45, 7) is 5.77. The number of rotatable bonds is 49. The number of ether oxygens (including phenoxy) is 3. The molecule has 0 spiro atoms. The third kappa shape index (κ3) is 35.8. The number of hydrogen-bond acceptors (Lipinski definition) is 10. The molecule has 1 aliphatic rings. The molecule has 0 saturated carbocycles. The smallest absolute Gasteiger partial charge is 0.306 e. The molecule has 8 unspecified atom stereocenters. The van der Waals surface area contributed by atoms with Crippen molar-refractivity contribution in [3.8, 4) is 0 Å². The van der Waals surface area contributed by atoms with E-state index in [1.54, 1.807) is 6.08 Å². The fraction of sp³-hybridized carbons (Fsp3) is 0.897. The van der Waals surface area contributed by atoms with Gasteiger partial charge in [-0.2, -0.15) is 0 Å². The zero-order valence-corrected chi connectivity index (χ0v) is 44.7. The number of nitrogens with one attached hydrogen (secondary N) is 1. The van der Waals surface area contributed by atoms with Crippen LogP contribution in [0.2, 0.25) is 0 Å². The van der Waals surface area contributed by atoms with Crippen LogP contribution in [-0.2, 0) is 23.8 Å². The van der Waals surface area contributed by atoms with Crippen LogP contribution >= 0.6 is 0 Å². The Hall–Kier alpha value is -1.86. The summed E-state index contributed by atoms with van der Waals surface area (Å²) in [4.78, 5) is 26.4. The van der Waals surface area contributed by atoms with Gasteiger partial charge in [-0.05, 0) is 51.4 Å². The fourth-order valence-corrected chi connectivity index (χ4v) is 9.18. The number of aliphatic hydroxyl groups is 5. The highest BCUT2D eigenvalue weighted by Gasteiger charge is 2.47. The van der Waals surface area contributed by atoms with Gasteiger partial charge in [0.1, 0.15) is 24.4 Å². The van der Waals surface area contributed by atoms with Crippen LogP contribution in [0.5, 0.6) is 0 Å². The van der Waals surface area contributed by atoms with E-state index in [2.05, 4.69) is 38.2 Å². The molecule has 1 amide bonds. The number of carbonyl (C=O) groups is 2. The van der Waals surface area contributed by atoms with Crippen molar-refractivity contribution in [2.24, 2.45) is 0 Å². The van der Waals surface area contributed by atoms with Gasteiger partial charge in [-0.1, -0.05) is 238 Å². The van der Waals surface area contributed by atoms with Gasteiger partial charge in [0.15, 0.2) is 12.4 Å². The average Bonchev–Trinajstić information content (AvgIpc) is 3.34. The topological polar surface area (TPSA) is 175 Å². The standard InChI is InChI=1S/C58H109NO10/c1-4-7-10-13-16-19-22-24-26-28-31-34-37-40-43-46-53(63)69-56-55(65)54(64)52(47-60)68-58(56)67-48-49(50(61)44-41-38-35-32-29-21-18-15-12-9-6-3)59-57(66)51(62)45-42-39-36-33-30-27-25-23-20-17-14-11-8-5-2/h19,22,41,44,49-52,54-56,58,60-62,64-65H,4-18,20-21,23-40,42-43,45-48H2,1-3H3,(H,59,66)/b22-19-,44-41+. The van der Waals surface area contributed by atoms with Crippen LogP contribution in [-0.4, -0.2) is 99.6 Å². The molecule has 0 radical (unpaired) electrons. The molecule has 0 aromatic heterocycles. The van der Waals surface area contributed by atoms with Crippen LogP contribution in [0.3, 0.4) is 0 Å². The van der Waals surface area contributed by atoms with E-state index in [1.165, 1.54) is 154 Å². The van der Waals surface area contributed by atoms with Gasteiger partial charge < -0.3 is 45.1 Å². The zero-order valence-electron chi connectivity index (χ0n) is 44.7. The maximum absolute atomic E-state index is 13.4. The van der Waals surface area contributed by atoms with Gasteiger partial charge in [0.05, 0.1) is 25.4 Å². The molecule has 8 atom stereocenters. The number of carbonyl (C=O) groups excluding carboxylic acids is 2. The van der Waals surface area contributed by atoms with Crippen molar-refractivity contribution in [1.82, 2.24) is 5.32 Å². The Morgan fingerprint density at radius 3 is 1.42 bits per heavy atom. The predicted molar refractivity (Wildman–Crippen MR) is 283 cm³/mol. The molecule has 1 fully saturated rings. The van der Waals surface area contributed by atoms with Gasteiger partial charge in [0.25, 0.3) is 0 Å². The van der Waals surface area contributed by atoms with E-state index < -0.39 is 67.4 Å². The first-order valence-electron chi connectivity index (χ1n) is 29.1. The monoisotopic (exact) mass is 980 g/mol. The minimum atomic E-state index is -1.61. The molecular formula is C58H109NO10. The lowest BCUT2D eigenvalue weighted by molar-refractivity contribution is -0.305. The van der Waals surface area contributed by atoms with Gasteiger partial charge in [0, 0.05) is 6.42 Å². The molecule has 0 bridgehead atoms. The lowest BCUT2D eigenvalue weighted by Gasteiger charge is -2.41. The molecular weight excluding hydrogens is 871 g/mol.